The third-order valence-corrected chi connectivity index (χ3v) is 4.86. The van der Waals surface area contributed by atoms with Gasteiger partial charge in [0.1, 0.15) is 5.60 Å². The lowest BCUT2D eigenvalue weighted by molar-refractivity contribution is 0.0224. The topological polar surface area (TPSA) is 83.0 Å². The normalized spacial score (nSPS) is 15.0. The van der Waals surface area contributed by atoms with Crippen LogP contribution in [0.1, 0.15) is 31.9 Å². The van der Waals surface area contributed by atoms with Crippen LogP contribution in [0.15, 0.2) is 42.7 Å². The van der Waals surface area contributed by atoms with E-state index < -0.39 is 16.9 Å². The van der Waals surface area contributed by atoms with Crippen LogP contribution in [0.2, 0.25) is 0 Å². The number of amides is 1. The van der Waals surface area contributed by atoms with Crippen LogP contribution in [0.3, 0.4) is 0 Å². The standard InChI is InChI=1S/C19H23N3O4S/c1-19(2,3)26-18(23)21-10-8-14-11-16(7-6-15(14)13-21)22(27(24)25)17-5-4-9-20-12-17/h4-7,9,11-12H,8,10,13H2,1-3H3,(H,24,25). The lowest BCUT2D eigenvalue weighted by atomic mass is 9.99. The van der Waals surface area contributed by atoms with Crippen LogP contribution in [-0.4, -0.2) is 36.9 Å². The van der Waals surface area contributed by atoms with E-state index in [2.05, 4.69) is 4.98 Å². The molecule has 1 atom stereocenters. The highest BCUT2D eigenvalue weighted by Gasteiger charge is 2.26. The minimum Gasteiger partial charge on any atom is -0.444 e. The molecule has 0 radical (unpaired) electrons. The Kier molecular flexibility index (Phi) is 5.48. The number of hydrogen-bond donors (Lipinski definition) is 1. The van der Waals surface area contributed by atoms with Gasteiger partial charge in [0, 0.05) is 19.3 Å². The van der Waals surface area contributed by atoms with E-state index in [1.54, 1.807) is 29.3 Å². The Labute approximate surface area is 161 Å². The molecule has 1 aliphatic rings. The first kappa shape index (κ1) is 19.3. The number of fused-ring (bicyclic) bond motifs is 1. The highest BCUT2D eigenvalue weighted by Crippen LogP contribution is 2.30. The molecule has 1 unspecified atom stereocenters. The number of hydrogen-bond acceptors (Lipinski definition) is 4. The quantitative estimate of drug-likeness (QED) is 0.810. The lowest BCUT2D eigenvalue weighted by Gasteiger charge is -2.32. The van der Waals surface area contributed by atoms with Crippen molar-refractivity contribution in [2.45, 2.75) is 39.3 Å². The van der Waals surface area contributed by atoms with Crippen molar-refractivity contribution in [3.05, 3.63) is 53.9 Å². The molecule has 2 aromatic rings. The van der Waals surface area contributed by atoms with Crippen molar-refractivity contribution < 1.29 is 18.3 Å². The van der Waals surface area contributed by atoms with Gasteiger partial charge in [-0.1, -0.05) is 6.07 Å². The molecule has 27 heavy (non-hydrogen) atoms. The molecule has 1 amide bonds. The van der Waals surface area contributed by atoms with Crippen molar-refractivity contribution in [1.29, 1.82) is 0 Å². The van der Waals surface area contributed by atoms with E-state index in [0.29, 0.717) is 30.9 Å². The van der Waals surface area contributed by atoms with Gasteiger partial charge >= 0.3 is 6.09 Å². The van der Waals surface area contributed by atoms with Gasteiger partial charge < -0.3 is 9.64 Å². The van der Waals surface area contributed by atoms with Gasteiger partial charge in [0.05, 0.1) is 17.6 Å². The fraction of sp³-hybridized carbons (Fsp3) is 0.368. The number of nitrogens with zero attached hydrogens (tertiary/aromatic N) is 3. The van der Waals surface area contributed by atoms with Crippen LogP contribution < -0.4 is 4.31 Å². The average molecular weight is 389 g/mol. The second kappa shape index (κ2) is 7.66. The average Bonchev–Trinajstić information content (AvgIpc) is 2.60. The zero-order chi connectivity index (χ0) is 19.6. The summed E-state index contributed by atoms with van der Waals surface area (Å²) >= 11 is -2.22. The number of carbonyl (C=O) groups excluding carboxylic acids is 1. The van der Waals surface area contributed by atoms with Gasteiger partial charge in [0.15, 0.2) is 0 Å². The minimum atomic E-state index is -2.22. The second-order valence-corrected chi connectivity index (χ2v) is 8.17. The third kappa shape index (κ3) is 4.64. The van der Waals surface area contributed by atoms with E-state index in [1.807, 2.05) is 32.9 Å². The highest BCUT2D eigenvalue weighted by atomic mass is 32.2. The molecule has 1 aromatic carbocycles. The number of ether oxygens (including phenoxy) is 1. The fourth-order valence-electron chi connectivity index (χ4n) is 2.95. The molecule has 0 spiro atoms. The summed E-state index contributed by atoms with van der Waals surface area (Å²) < 4.78 is 28.4. The summed E-state index contributed by atoms with van der Waals surface area (Å²) in [4.78, 5) is 18.0. The largest absolute Gasteiger partial charge is 0.444 e. The van der Waals surface area contributed by atoms with Crippen molar-refractivity contribution >= 4 is 28.7 Å². The summed E-state index contributed by atoms with van der Waals surface area (Å²) in [6, 6.07) is 9.00. The molecule has 7 nitrogen and oxygen atoms in total. The van der Waals surface area contributed by atoms with Gasteiger partial charge in [-0.3, -0.25) is 9.54 Å². The predicted octanol–water partition coefficient (Wildman–Crippen LogP) is 3.65. The van der Waals surface area contributed by atoms with Crippen molar-refractivity contribution in [3.63, 3.8) is 0 Å². The van der Waals surface area contributed by atoms with Crippen LogP contribution in [0.25, 0.3) is 0 Å². The molecule has 1 aliphatic heterocycles. The molecule has 144 valence electrons. The third-order valence-electron chi connectivity index (χ3n) is 4.12. The maximum absolute atomic E-state index is 12.3. The van der Waals surface area contributed by atoms with Gasteiger partial charge in [-0.15, -0.1) is 0 Å². The Morgan fingerprint density at radius 3 is 2.67 bits per heavy atom. The molecule has 8 heteroatoms. The van der Waals surface area contributed by atoms with E-state index in [1.165, 1.54) is 10.5 Å². The Balaban J connectivity index is 1.82. The number of pyridine rings is 1. The molecule has 0 saturated heterocycles. The van der Waals surface area contributed by atoms with Crippen LogP contribution in [0, 0.1) is 0 Å². The summed E-state index contributed by atoms with van der Waals surface area (Å²) in [7, 11) is 0. The SMILES string of the molecule is CC(C)(C)OC(=O)N1CCc2cc(N(c3cccnc3)S(=O)O)ccc2C1. The molecule has 3 rings (SSSR count). The van der Waals surface area contributed by atoms with Crippen molar-refractivity contribution in [2.24, 2.45) is 0 Å². The fourth-order valence-corrected chi connectivity index (χ4v) is 3.53. The zero-order valence-corrected chi connectivity index (χ0v) is 16.4. The first-order valence-electron chi connectivity index (χ1n) is 8.65. The Bertz CT molecular complexity index is 852. The highest BCUT2D eigenvalue weighted by molar-refractivity contribution is 7.81. The van der Waals surface area contributed by atoms with Crippen molar-refractivity contribution in [2.75, 3.05) is 10.8 Å². The smallest absolute Gasteiger partial charge is 0.410 e. The van der Waals surface area contributed by atoms with Crippen molar-refractivity contribution in [3.8, 4) is 0 Å². The van der Waals surface area contributed by atoms with E-state index >= 15 is 0 Å². The molecule has 2 heterocycles. The van der Waals surface area contributed by atoms with Gasteiger partial charge in [0.25, 0.3) is 11.3 Å². The van der Waals surface area contributed by atoms with Gasteiger partial charge in [-0.05, 0) is 62.6 Å². The molecule has 1 N–H and O–H groups in total. The van der Waals surface area contributed by atoms with Crippen LogP contribution in [0.5, 0.6) is 0 Å². The van der Waals surface area contributed by atoms with Crippen LogP contribution >= 0.6 is 0 Å². The van der Waals surface area contributed by atoms with Gasteiger partial charge in [-0.2, -0.15) is 0 Å². The maximum Gasteiger partial charge on any atom is 0.410 e. The molecule has 0 fully saturated rings. The maximum atomic E-state index is 12.3. The number of benzene rings is 1. The molecule has 0 saturated carbocycles. The van der Waals surface area contributed by atoms with E-state index in [9.17, 15) is 13.6 Å². The first-order valence-corrected chi connectivity index (χ1v) is 9.72. The van der Waals surface area contributed by atoms with E-state index in [-0.39, 0.29) is 6.09 Å². The molecular weight excluding hydrogens is 366 g/mol. The summed E-state index contributed by atoms with van der Waals surface area (Å²) in [5.41, 5.74) is 2.66. The molecule has 0 bridgehead atoms. The number of carbonyl (C=O) groups is 1. The summed E-state index contributed by atoms with van der Waals surface area (Å²) in [5.74, 6) is 0. The summed E-state index contributed by atoms with van der Waals surface area (Å²) in [6.45, 7) is 6.53. The Morgan fingerprint density at radius 1 is 1.26 bits per heavy atom. The van der Waals surface area contributed by atoms with Crippen LogP contribution in [0.4, 0.5) is 16.2 Å². The summed E-state index contributed by atoms with van der Waals surface area (Å²) in [5, 5.41) is 0. The van der Waals surface area contributed by atoms with Crippen molar-refractivity contribution in [1.82, 2.24) is 9.88 Å². The minimum absolute atomic E-state index is 0.328. The number of rotatable bonds is 3. The number of anilines is 2. The molecule has 1 aromatic heterocycles. The van der Waals surface area contributed by atoms with Gasteiger partial charge in [-0.25, -0.2) is 13.3 Å². The molecule has 0 aliphatic carbocycles. The zero-order valence-electron chi connectivity index (χ0n) is 15.6. The predicted molar refractivity (Wildman–Crippen MR) is 104 cm³/mol. The lowest BCUT2D eigenvalue weighted by Crippen LogP contribution is -2.39. The van der Waals surface area contributed by atoms with E-state index in [4.69, 9.17) is 4.74 Å². The first-order chi connectivity index (χ1) is 12.7. The second-order valence-electron chi connectivity index (χ2n) is 7.34. The Hall–Kier alpha value is -2.45. The number of aromatic nitrogens is 1. The van der Waals surface area contributed by atoms with E-state index in [0.717, 1.165) is 11.1 Å². The summed E-state index contributed by atoms with van der Waals surface area (Å²) in [6.07, 6.45) is 3.48. The van der Waals surface area contributed by atoms with Crippen LogP contribution in [-0.2, 0) is 29.0 Å². The monoisotopic (exact) mass is 389 g/mol. The van der Waals surface area contributed by atoms with Gasteiger partial charge in [0.2, 0.25) is 0 Å². The molecular formula is C19H23N3O4S. The Morgan fingerprint density at radius 2 is 2.04 bits per heavy atom.